The number of hydrogen-bond acceptors (Lipinski definition) is 5. The van der Waals surface area contributed by atoms with Crippen molar-refractivity contribution in [2.75, 3.05) is 7.11 Å². The molecule has 0 spiro atoms. The molecule has 2 N–H and O–H groups in total. The van der Waals surface area contributed by atoms with E-state index < -0.39 is 27.2 Å². The fourth-order valence-corrected chi connectivity index (χ4v) is 2.45. The molecule has 1 aromatic rings. The second-order valence-corrected chi connectivity index (χ2v) is 5.57. The van der Waals surface area contributed by atoms with Crippen LogP contribution in [0.5, 0.6) is 11.8 Å². The number of sulfonamides is 1. The van der Waals surface area contributed by atoms with Crippen molar-refractivity contribution in [3.05, 3.63) is 9.64 Å². The number of nitrogens with zero attached hydrogens (tertiary/aromatic N) is 1. The van der Waals surface area contributed by atoms with Crippen LogP contribution in [0.1, 0.15) is 0 Å². The maximum absolute atomic E-state index is 12.1. The fourth-order valence-electron chi connectivity index (χ4n) is 0.969. The van der Waals surface area contributed by atoms with Gasteiger partial charge in [0.2, 0.25) is 21.8 Å². The van der Waals surface area contributed by atoms with Crippen LogP contribution < -0.4 is 14.6 Å². The first-order chi connectivity index (χ1) is 8.04. The molecule has 0 aliphatic rings. The van der Waals surface area contributed by atoms with Gasteiger partial charge >= 0.3 is 6.36 Å². The summed E-state index contributed by atoms with van der Waals surface area (Å²) in [5.74, 6) is -1.38. The van der Waals surface area contributed by atoms with Gasteiger partial charge in [0.05, 0.1) is 10.7 Å². The second-order valence-electron chi connectivity index (χ2n) is 2.88. The average Bonchev–Trinajstić information content (AvgIpc) is 2.16. The SMILES string of the molecule is COc1nc(OC(F)(F)F)c(S(N)(=O)=O)cc1I. The van der Waals surface area contributed by atoms with Crippen molar-refractivity contribution in [1.29, 1.82) is 0 Å². The summed E-state index contributed by atoms with van der Waals surface area (Å²) >= 11 is 1.64. The Morgan fingerprint density at radius 1 is 1.39 bits per heavy atom. The number of hydrogen-bond donors (Lipinski definition) is 1. The smallest absolute Gasteiger partial charge is 0.480 e. The van der Waals surface area contributed by atoms with Gasteiger partial charge in [-0.25, -0.2) is 13.6 Å². The van der Waals surface area contributed by atoms with E-state index in [9.17, 15) is 21.6 Å². The number of nitrogens with two attached hydrogens (primary N) is 1. The lowest BCUT2D eigenvalue weighted by Crippen LogP contribution is -2.22. The molecule has 0 aliphatic carbocycles. The summed E-state index contributed by atoms with van der Waals surface area (Å²) in [4.78, 5) is 2.44. The Balaban J connectivity index is 3.45. The first-order valence-corrected chi connectivity index (χ1v) is 6.70. The normalized spacial score (nSPS) is 12.3. The number of alkyl halides is 3. The number of rotatable bonds is 3. The van der Waals surface area contributed by atoms with Gasteiger partial charge in [-0.1, -0.05) is 0 Å². The fraction of sp³-hybridized carbons (Fsp3) is 0.286. The summed E-state index contributed by atoms with van der Waals surface area (Å²) in [5, 5.41) is 4.78. The number of halogens is 4. The molecular formula is C7H6F3IN2O4S. The van der Waals surface area contributed by atoms with Crippen LogP contribution in [0.4, 0.5) is 13.2 Å². The zero-order chi connectivity index (χ0) is 14.1. The third kappa shape index (κ3) is 3.84. The monoisotopic (exact) mass is 398 g/mol. The van der Waals surface area contributed by atoms with E-state index in [0.29, 0.717) is 0 Å². The van der Waals surface area contributed by atoms with E-state index >= 15 is 0 Å². The van der Waals surface area contributed by atoms with Crippen molar-refractivity contribution in [2.24, 2.45) is 5.14 Å². The van der Waals surface area contributed by atoms with Crippen molar-refractivity contribution < 1.29 is 31.1 Å². The lowest BCUT2D eigenvalue weighted by molar-refractivity contribution is -0.277. The number of pyridine rings is 1. The Labute approximate surface area is 113 Å². The largest absolute Gasteiger partial charge is 0.574 e. The quantitative estimate of drug-likeness (QED) is 0.774. The van der Waals surface area contributed by atoms with Gasteiger partial charge in [-0.3, -0.25) is 0 Å². The maximum atomic E-state index is 12.1. The molecule has 0 atom stereocenters. The molecule has 0 aromatic carbocycles. The van der Waals surface area contributed by atoms with Crippen molar-refractivity contribution >= 4 is 32.6 Å². The van der Waals surface area contributed by atoms with Crippen molar-refractivity contribution in [3.63, 3.8) is 0 Å². The predicted molar refractivity (Wildman–Crippen MR) is 61.6 cm³/mol. The Hall–Kier alpha value is -0.820. The van der Waals surface area contributed by atoms with Crippen LogP contribution in [0.25, 0.3) is 0 Å². The molecule has 1 aromatic heterocycles. The molecule has 0 fully saturated rings. The molecule has 0 radical (unpaired) electrons. The Morgan fingerprint density at radius 2 is 1.94 bits per heavy atom. The van der Waals surface area contributed by atoms with Crippen LogP contribution in [-0.2, 0) is 10.0 Å². The Morgan fingerprint density at radius 3 is 2.33 bits per heavy atom. The molecule has 0 amide bonds. The van der Waals surface area contributed by atoms with E-state index in [-0.39, 0.29) is 9.45 Å². The number of primary sulfonamides is 1. The van der Waals surface area contributed by atoms with Gasteiger partial charge < -0.3 is 9.47 Å². The standard InChI is InChI=1S/C7H6F3IN2O4S/c1-16-5-3(11)2-4(18(12,14)15)6(13-5)17-7(8,9)10/h2H,1H3,(H2,12,14,15). The van der Waals surface area contributed by atoms with E-state index in [1.807, 2.05) is 0 Å². The van der Waals surface area contributed by atoms with Crippen LogP contribution in [0.2, 0.25) is 0 Å². The molecule has 0 saturated heterocycles. The van der Waals surface area contributed by atoms with Gasteiger partial charge in [-0.15, -0.1) is 13.2 Å². The van der Waals surface area contributed by atoms with Crippen LogP contribution >= 0.6 is 22.6 Å². The molecule has 6 nitrogen and oxygen atoms in total. The van der Waals surface area contributed by atoms with E-state index in [0.717, 1.165) is 6.07 Å². The van der Waals surface area contributed by atoms with Crippen molar-refractivity contribution in [2.45, 2.75) is 11.3 Å². The van der Waals surface area contributed by atoms with Gasteiger partial charge in [0.1, 0.15) is 4.90 Å². The number of aromatic nitrogens is 1. The van der Waals surface area contributed by atoms with Crippen molar-refractivity contribution in [3.8, 4) is 11.8 Å². The summed E-state index contributed by atoms with van der Waals surface area (Å²) in [6.45, 7) is 0. The topological polar surface area (TPSA) is 91.5 Å². The highest BCUT2D eigenvalue weighted by molar-refractivity contribution is 14.1. The number of methoxy groups -OCH3 is 1. The lowest BCUT2D eigenvalue weighted by Gasteiger charge is -2.12. The second kappa shape index (κ2) is 5.05. The molecule has 102 valence electrons. The predicted octanol–water partition coefficient (Wildman–Crippen LogP) is 1.24. The molecule has 1 rings (SSSR count). The van der Waals surface area contributed by atoms with Crippen LogP contribution in [0.3, 0.4) is 0 Å². The van der Waals surface area contributed by atoms with E-state index in [4.69, 9.17) is 5.14 Å². The average molecular weight is 398 g/mol. The summed E-state index contributed by atoms with van der Waals surface area (Å²) < 4.78 is 66.9. The highest BCUT2D eigenvalue weighted by atomic mass is 127. The molecule has 0 unspecified atom stereocenters. The molecule has 1 heterocycles. The minimum atomic E-state index is -5.09. The number of ether oxygens (including phenoxy) is 2. The summed E-state index contributed by atoms with van der Waals surface area (Å²) in [6, 6.07) is 0.878. The third-order valence-electron chi connectivity index (χ3n) is 1.59. The van der Waals surface area contributed by atoms with Crippen LogP contribution in [-0.4, -0.2) is 26.9 Å². The van der Waals surface area contributed by atoms with Crippen molar-refractivity contribution in [1.82, 2.24) is 4.98 Å². The lowest BCUT2D eigenvalue weighted by atomic mass is 10.4. The highest BCUT2D eigenvalue weighted by Gasteiger charge is 2.35. The Kier molecular flexibility index (Phi) is 4.27. The van der Waals surface area contributed by atoms with Gasteiger partial charge in [0.25, 0.3) is 0 Å². The highest BCUT2D eigenvalue weighted by Crippen LogP contribution is 2.32. The first-order valence-electron chi connectivity index (χ1n) is 4.07. The molecule has 11 heteroatoms. The van der Waals surface area contributed by atoms with Gasteiger partial charge in [0, 0.05) is 0 Å². The zero-order valence-corrected chi connectivity index (χ0v) is 11.6. The molecule has 0 aliphatic heterocycles. The van der Waals surface area contributed by atoms with Crippen LogP contribution in [0.15, 0.2) is 11.0 Å². The summed E-state index contributed by atoms with van der Waals surface area (Å²) in [6.07, 6.45) is -5.09. The summed E-state index contributed by atoms with van der Waals surface area (Å²) in [5.41, 5.74) is 0. The van der Waals surface area contributed by atoms with E-state index in [2.05, 4.69) is 14.5 Å². The third-order valence-corrected chi connectivity index (χ3v) is 3.27. The zero-order valence-electron chi connectivity index (χ0n) is 8.66. The molecule has 0 bridgehead atoms. The molecule has 0 saturated carbocycles. The minimum Gasteiger partial charge on any atom is -0.480 e. The van der Waals surface area contributed by atoms with Gasteiger partial charge in [-0.2, -0.15) is 4.98 Å². The van der Waals surface area contributed by atoms with Crippen LogP contribution in [0, 0.1) is 3.57 Å². The molecular weight excluding hydrogens is 392 g/mol. The molecule has 18 heavy (non-hydrogen) atoms. The van der Waals surface area contributed by atoms with E-state index in [1.54, 1.807) is 22.6 Å². The summed E-state index contributed by atoms with van der Waals surface area (Å²) in [7, 11) is -3.24. The Bertz CT molecular complexity index is 561. The van der Waals surface area contributed by atoms with Gasteiger partial charge in [-0.05, 0) is 28.7 Å². The van der Waals surface area contributed by atoms with E-state index in [1.165, 1.54) is 7.11 Å². The maximum Gasteiger partial charge on any atom is 0.574 e. The van der Waals surface area contributed by atoms with Gasteiger partial charge in [0.15, 0.2) is 0 Å². The first kappa shape index (κ1) is 15.2. The minimum absolute atomic E-state index is 0.175.